The van der Waals surface area contributed by atoms with Gasteiger partial charge in [-0.3, -0.25) is 0 Å². The maximum atomic E-state index is 11.5. The molecule has 0 aliphatic rings. The smallest absolute Gasteiger partial charge is 0.348 e. The molecule has 2 heterocycles. The fourth-order valence-corrected chi connectivity index (χ4v) is 2.67. The lowest BCUT2D eigenvalue weighted by Gasteiger charge is -1.95. The molecule has 16 heavy (non-hydrogen) atoms. The van der Waals surface area contributed by atoms with Crippen LogP contribution in [-0.4, -0.2) is 17.6 Å². The third-order valence-corrected chi connectivity index (χ3v) is 3.65. The molecule has 2 rings (SSSR count). The largest absolute Gasteiger partial charge is 0.462 e. The number of pyridine rings is 1. The molecule has 0 aliphatic carbocycles. The lowest BCUT2D eigenvalue weighted by molar-refractivity contribution is 0.0532. The Bertz CT molecular complexity index is 514. The van der Waals surface area contributed by atoms with Crippen LogP contribution in [0.25, 0.3) is 10.2 Å². The van der Waals surface area contributed by atoms with Crippen molar-refractivity contribution in [2.75, 3.05) is 12.3 Å². The van der Waals surface area contributed by atoms with Crippen LogP contribution in [0.5, 0.6) is 0 Å². The van der Waals surface area contributed by atoms with E-state index in [1.54, 1.807) is 13.0 Å². The molecule has 2 aromatic rings. The standard InChI is InChI=1S/C10H9BrN2O2S/c1-2-15-10(14)8-4-6-7(16-8)3-5(11)9(12)13-6/h3-4H,2H2,1H3,(H2,12,13). The summed E-state index contributed by atoms with van der Waals surface area (Å²) in [5.41, 5.74) is 6.38. The van der Waals surface area contributed by atoms with E-state index in [-0.39, 0.29) is 5.97 Å². The van der Waals surface area contributed by atoms with E-state index in [2.05, 4.69) is 20.9 Å². The first-order valence-corrected chi connectivity index (χ1v) is 6.25. The van der Waals surface area contributed by atoms with Gasteiger partial charge in [0.1, 0.15) is 10.7 Å². The molecule has 0 unspecified atom stereocenters. The maximum Gasteiger partial charge on any atom is 0.348 e. The van der Waals surface area contributed by atoms with E-state index >= 15 is 0 Å². The third kappa shape index (κ3) is 2.03. The van der Waals surface area contributed by atoms with Gasteiger partial charge in [0.25, 0.3) is 0 Å². The van der Waals surface area contributed by atoms with E-state index in [4.69, 9.17) is 10.5 Å². The van der Waals surface area contributed by atoms with Crippen molar-refractivity contribution in [3.63, 3.8) is 0 Å². The summed E-state index contributed by atoms with van der Waals surface area (Å²) in [6.07, 6.45) is 0. The quantitative estimate of drug-likeness (QED) is 0.866. The van der Waals surface area contributed by atoms with Gasteiger partial charge in [0.05, 0.1) is 21.3 Å². The first-order chi connectivity index (χ1) is 7.61. The highest BCUT2D eigenvalue weighted by Crippen LogP contribution is 2.29. The lowest BCUT2D eigenvalue weighted by Crippen LogP contribution is -2.01. The van der Waals surface area contributed by atoms with Gasteiger partial charge in [-0.25, -0.2) is 9.78 Å². The van der Waals surface area contributed by atoms with E-state index in [0.29, 0.717) is 22.8 Å². The third-order valence-electron chi connectivity index (χ3n) is 1.96. The summed E-state index contributed by atoms with van der Waals surface area (Å²) >= 11 is 4.64. The van der Waals surface area contributed by atoms with Crippen molar-refractivity contribution in [3.05, 3.63) is 21.5 Å². The monoisotopic (exact) mass is 300 g/mol. The number of nitrogens with two attached hydrogens (primary N) is 1. The van der Waals surface area contributed by atoms with Crippen LogP contribution >= 0.6 is 27.3 Å². The summed E-state index contributed by atoms with van der Waals surface area (Å²) in [7, 11) is 0. The fraction of sp³-hybridized carbons (Fsp3) is 0.200. The topological polar surface area (TPSA) is 65.2 Å². The number of thiophene rings is 1. The number of halogens is 1. The van der Waals surface area contributed by atoms with E-state index in [1.165, 1.54) is 11.3 Å². The average molecular weight is 301 g/mol. The van der Waals surface area contributed by atoms with Crippen molar-refractivity contribution in [2.24, 2.45) is 0 Å². The van der Waals surface area contributed by atoms with Gasteiger partial charge in [0.15, 0.2) is 0 Å². The van der Waals surface area contributed by atoms with Crippen LogP contribution in [-0.2, 0) is 4.74 Å². The van der Waals surface area contributed by atoms with Crippen LogP contribution in [0.3, 0.4) is 0 Å². The Balaban J connectivity index is 2.48. The second-order valence-corrected chi connectivity index (χ2v) is 5.01. The Morgan fingerprint density at radius 3 is 3.06 bits per heavy atom. The molecule has 84 valence electrons. The van der Waals surface area contributed by atoms with Crippen LogP contribution in [0.2, 0.25) is 0 Å². The second-order valence-electron chi connectivity index (χ2n) is 3.07. The van der Waals surface area contributed by atoms with Crippen LogP contribution in [0.15, 0.2) is 16.6 Å². The van der Waals surface area contributed by atoms with E-state index in [9.17, 15) is 4.79 Å². The molecule has 0 aliphatic heterocycles. The molecule has 0 fully saturated rings. The number of nitrogen functional groups attached to an aromatic ring is 1. The molecule has 4 nitrogen and oxygen atoms in total. The average Bonchev–Trinajstić information content (AvgIpc) is 2.62. The molecular formula is C10H9BrN2O2S. The van der Waals surface area contributed by atoms with E-state index in [0.717, 1.165) is 9.17 Å². The van der Waals surface area contributed by atoms with Crippen molar-refractivity contribution in [1.82, 2.24) is 4.98 Å². The van der Waals surface area contributed by atoms with Crippen LogP contribution < -0.4 is 5.73 Å². The molecule has 0 atom stereocenters. The number of rotatable bonds is 2. The number of ether oxygens (including phenoxy) is 1. The number of hydrogen-bond acceptors (Lipinski definition) is 5. The van der Waals surface area contributed by atoms with Gasteiger partial charge in [-0.2, -0.15) is 0 Å². The molecule has 6 heteroatoms. The first kappa shape index (κ1) is 11.3. The highest BCUT2D eigenvalue weighted by atomic mass is 79.9. The predicted molar refractivity (Wildman–Crippen MR) is 67.7 cm³/mol. The van der Waals surface area contributed by atoms with Gasteiger partial charge in [-0.15, -0.1) is 11.3 Å². The van der Waals surface area contributed by atoms with Gasteiger partial charge in [0.2, 0.25) is 0 Å². The minimum absolute atomic E-state index is 0.319. The Kier molecular flexibility index (Phi) is 3.11. The number of esters is 1. The summed E-state index contributed by atoms with van der Waals surface area (Å²) in [6.45, 7) is 2.14. The van der Waals surface area contributed by atoms with Crippen molar-refractivity contribution >= 4 is 49.3 Å². The zero-order chi connectivity index (χ0) is 11.7. The summed E-state index contributed by atoms with van der Waals surface area (Å²) < 4.78 is 6.56. The molecule has 0 aromatic carbocycles. The molecule has 0 spiro atoms. The van der Waals surface area contributed by atoms with Gasteiger partial charge >= 0.3 is 5.97 Å². The number of aromatic nitrogens is 1. The minimum Gasteiger partial charge on any atom is -0.462 e. The van der Waals surface area contributed by atoms with Crippen LogP contribution in [0.4, 0.5) is 5.82 Å². The zero-order valence-corrected chi connectivity index (χ0v) is 10.9. The second kappa shape index (κ2) is 4.39. The van der Waals surface area contributed by atoms with Crippen LogP contribution in [0, 0.1) is 0 Å². The Labute approximate surface area is 105 Å². The van der Waals surface area contributed by atoms with Crippen molar-refractivity contribution < 1.29 is 9.53 Å². The lowest BCUT2D eigenvalue weighted by atomic mass is 10.3. The fourth-order valence-electron chi connectivity index (χ4n) is 1.26. The summed E-state index contributed by atoms with van der Waals surface area (Å²) in [5.74, 6) is 0.0981. The van der Waals surface area contributed by atoms with Crippen molar-refractivity contribution in [2.45, 2.75) is 6.92 Å². The number of carbonyl (C=O) groups excluding carboxylic acids is 1. The number of fused-ring (bicyclic) bond motifs is 1. The van der Waals surface area contributed by atoms with E-state index < -0.39 is 0 Å². The summed E-state index contributed by atoms with van der Waals surface area (Å²) in [5, 5.41) is 0. The van der Waals surface area contributed by atoms with Crippen molar-refractivity contribution in [3.8, 4) is 0 Å². The van der Waals surface area contributed by atoms with Gasteiger partial charge in [-0.05, 0) is 35.0 Å². The molecule has 2 aromatic heterocycles. The van der Waals surface area contributed by atoms with Crippen molar-refractivity contribution in [1.29, 1.82) is 0 Å². The SMILES string of the molecule is CCOC(=O)c1cc2nc(N)c(Br)cc2s1. The number of carbonyl (C=O) groups is 1. The zero-order valence-electron chi connectivity index (χ0n) is 8.49. The number of nitrogens with zero attached hydrogens (tertiary/aromatic N) is 1. The Hall–Kier alpha value is -1.14. The Morgan fingerprint density at radius 1 is 1.62 bits per heavy atom. The molecular weight excluding hydrogens is 292 g/mol. The maximum absolute atomic E-state index is 11.5. The predicted octanol–water partition coefficient (Wildman–Crippen LogP) is 2.82. The number of hydrogen-bond donors (Lipinski definition) is 1. The van der Waals surface area contributed by atoms with Gasteiger partial charge in [0, 0.05) is 0 Å². The minimum atomic E-state index is -0.319. The highest BCUT2D eigenvalue weighted by molar-refractivity contribution is 9.10. The van der Waals surface area contributed by atoms with Gasteiger partial charge < -0.3 is 10.5 Å². The van der Waals surface area contributed by atoms with Crippen LogP contribution in [0.1, 0.15) is 16.6 Å². The summed E-state index contributed by atoms with van der Waals surface area (Å²) in [6, 6.07) is 3.55. The highest BCUT2D eigenvalue weighted by Gasteiger charge is 2.12. The normalized spacial score (nSPS) is 10.6. The molecule has 0 radical (unpaired) electrons. The molecule has 0 saturated carbocycles. The Morgan fingerprint density at radius 2 is 2.38 bits per heavy atom. The molecule has 2 N–H and O–H groups in total. The van der Waals surface area contributed by atoms with E-state index in [1.807, 2.05) is 6.07 Å². The first-order valence-electron chi connectivity index (χ1n) is 4.64. The molecule has 0 saturated heterocycles. The summed E-state index contributed by atoms with van der Waals surface area (Å²) in [4.78, 5) is 16.2. The number of anilines is 1. The molecule has 0 amide bonds. The molecule has 0 bridgehead atoms. The van der Waals surface area contributed by atoms with Gasteiger partial charge in [-0.1, -0.05) is 0 Å².